The maximum absolute atomic E-state index is 11.7. The van der Waals surface area contributed by atoms with Gasteiger partial charge >= 0.3 is 0 Å². The van der Waals surface area contributed by atoms with Gasteiger partial charge in [0.15, 0.2) is 6.61 Å². The number of hydrogen-bond acceptors (Lipinski definition) is 6. The number of carbonyl (C=O) groups excluding carboxylic acids is 1. The van der Waals surface area contributed by atoms with Crippen molar-refractivity contribution in [1.82, 2.24) is 10.1 Å². The predicted octanol–water partition coefficient (Wildman–Crippen LogP) is 3.38. The topological polar surface area (TPSA) is 77.2 Å². The highest BCUT2D eigenvalue weighted by molar-refractivity contribution is 8.00. The third-order valence-corrected chi connectivity index (χ3v) is 4.32. The first-order chi connectivity index (χ1) is 11.7. The minimum atomic E-state index is -0.0325. The van der Waals surface area contributed by atoms with E-state index in [4.69, 9.17) is 9.26 Å². The van der Waals surface area contributed by atoms with Crippen LogP contribution < -0.4 is 10.1 Å². The van der Waals surface area contributed by atoms with Crippen LogP contribution in [0.4, 0.5) is 5.69 Å². The number of hydrogen-bond donors (Lipinski definition) is 1. The highest BCUT2D eigenvalue weighted by atomic mass is 32.2. The van der Waals surface area contributed by atoms with E-state index in [-0.39, 0.29) is 12.5 Å². The summed E-state index contributed by atoms with van der Waals surface area (Å²) >= 11 is 1.52. The summed E-state index contributed by atoms with van der Waals surface area (Å²) in [6, 6.07) is 7.21. The first-order valence-electron chi connectivity index (χ1n) is 7.78. The molecule has 7 heteroatoms. The molecule has 1 aliphatic carbocycles. The molecule has 2 aromatic rings. The van der Waals surface area contributed by atoms with Gasteiger partial charge in [-0.3, -0.25) is 4.79 Å². The first-order valence-corrected chi connectivity index (χ1v) is 8.94. The van der Waals surface area contributed by atoms with Gasteiger partial charge in [0.25, 0.3) is 0 Å². The standard InChI is InChI=1S/C17H19N3O3S/c1-2-9-24-11-16(21)18-13-5-7-14(8-6-13)22-10-15-19-17(23-20-15)12-3-4-12/h2,5-8,12H,1,3-4,9-11H2,(H,18,21). The quantitative estimate of drug-likeness (QED) is 0.554. The molecule has 126 valence electrons. The van der Waals surface area contributed by atoms with Crippen molar-refractivity contribution in [1.29, 1.82) is 0 Å². The summed E-state index contributed by atoms with van der Waals surface area (Å²) in [4.78, 5) is 16.0. The Balaban J connectivity index is 1.45. The molecule has 1 aliphatic rings. The Morgan fingerprint density at radius 1 is 1.42 bits per heavy atom. The number of nitrogens with zero attached hydrogens (tertiary/aromatic N) is 2. The van der Waals surface area contributed by atoms with Gasteiger partial charge in [0, 0.05) is 17.4 Å². The molecule has 1 heterocycles. The summed E-state index contributed by atoms with van der Waals surface area (Å²) in [5.41, 5.74) is 0.738. The fourth-order valence-electron chi connectivity index (χ4n) is 2.04. The van der Waals surface area contributed by atoms with Crippen LogP contribution in [0.25, 0.3) is 0 Å². The SMILES string of the molecule is C=CCSCC(=O)Nc1ccc(OCc2noc(C3CC3)n2)cc1. The number of carbonyl (C=O) groups is 1. The molecule has 0 bridgehead atoms. The van der Waals surface area contributed by atoms with Gasteiger partial charge in [0.1, 0.15) is 5.75 Å². The second kappa shape index (κ2) is 8.01. The maximum Gasteiger partial charge on any atom is 0.234 e. The summed E-state index contributed by atoms with van der Waals surface area (Å²) in [5.74, 6) is 3.53. The Morgan fingerprint density at radius 2 is 2.21 bits per heavy atom. The molecule has 24 heavy (non-hydrogen) atoms. The number of amides is 1. The van der Waals surface area contributed by atoms with Crippen LogP contribution in [0.2, 0.25) is 0 Å². The third-order valence-electron chi connectivity index (χ3n) is 3.39. The van der Waals surface area contributed by atoms with Gasteiger partial charge < -0.3 is 14.6 Å². The van der Waals surface area contributed by atoms with Crippen molar-refractivity contribution in [3.63, 3.8) is 0 Å². The predicted molar refractivity (Wildman–Crippen MR) is 93.2 cm³/mol. The molecular formula is C17H19N3O3S. The van der Waals surface area contributed by atoms with E-state index >= 15 is 0 Å². The van der Waals surface area contributed by atoms with Gasteiger partial charge in [-0.2, -0.15) is 4.98 Å². The first kappa shape index (κ1) is 16.6. The number of aromatic nitrogens is 2. The van der Waals surface area contributed by atoms with Crippen LogP contribution in [0, 0.1) is 0 Å². The molecule has 1 N–H and O–H groups in total. The largest absolute Gasteiger partial charge is 0.485 e. The minimum Gasteiger partial charge on any atom is -0.485 e. The van der Waals surface area contributed by atoms with Crippen molar-refractivity contribution in [2.45, 2.75) is 25.4 Å². The van der Waals surface area contributed by atoms with E-state index in [0.29, 0.717) is 29.1 Å². The van der Waals surface area contributed by atoms with Crippen LogP contribution in [-0.2, 0) is 11.4 Å². The smallest absolute Gasteiger partial charge is 0.234 e. The molecule has 0 spiro atoms. The number of benzene rings is 1. The Kier molecular flexibility index (Phi) is 5.53. The summed E-state index contributed by atoms with van der Waals surface area (Å²) in [5, 5.41) is 6.74. The van der Waals surface area contributed by atoms with E-state index in [1.165, 1.54) is 11.8 Å². The molecule has 0 saturated heterocycles. The number of ether oxygens (including phenoxy) is 1. The second-order valence-corrected chi connectivity index (χ2v) is 6.52. The lowest BCUT2D eigenvalue weighted by Gasteiger charge is -2.07. The van der Waals surface area contributed by atoms with Crippen molar-refractivity contribution < 1.29 is 14.1 Å². The van der Waals surface area contributed by atoms with Gasteiger partial charge in [0.2, 0.25) is 17.6 Å². The van der Waals surface area contributed by atoms with Gasteiger partial charge in [-0.1, -0.05) is 11.2 Å². The van der Waals surface area contributed by atoms with Crippen molar-refractivity contribution >= 4 is 23.4 Å². The highest BCUT2D eigenvalue weighted by Crippen LogP contribution is 2.38. The van der Waals surface area contributed by atoms with Crippen LogP contribution >= 0.6 is 11.8 Å². The van der Waals surface area contributed by atoms with Crippen molar-refractivity contribution in [3.8, 4) is 5.75 Å². The van der Waals surface area contributed by atoms with E-state index in [1.807, 2.05) is 0 Å². The normalized spacial score (nSPS) is 13.5. The van der Waals surface area contributed by atoms with Gasteiger partial charge in [-0.25, -0.2) is 0 Å². The molecule has 1 saturated carbocycles. The van der Waals surface area contributed by atoms with Crippen LogP contribution in [0.3, 0.4) is 0 Å². The highest BCUT2D eigenvalue weighted by Gasteiger charge is 2.29. The van der Waals surface area contributed by atoms with Gasteiger partial charge in [-0.05, 0) is 37.1 Å². The number of rotatable bonds is 9. The average molecular weight is 345 g/mol. The molecule has 6 nitrogen and oxygen atoms in total. The van der Waals surface area contributed by atoms with E-state index in [1.54, 1.807) is 30.3 Å². The zero-order valence-corrected chi connectivity index (χ0v) is 14.1. The van der Waals surface area contributed by atoms with Crippen molar-refractivity contribution in [2.24, 2.45) is 0 Å². The second-order valence-electron chi connectivity index (χ2n) is 5.49. The van der Waals surface area contributed by atoms with Crippen LogP contribution in [0.1, 0.15) is 30.5 Å². The number of anilines is 1. The van der Waals surface area contributed by atoms with E-state index in [2.05, 4.69) is 22.0 Å². The molecule has 1 aromatic heterocycles. The van der Waals surface area contributed by atoms with Gasteiger partial charge in [0.05, 0.1) is 5.75 Å². The van der Waals surface area contributed by atoms with E-state index < -0.39 is 0 Å². The van der Waals surface area contributed by atoms with Crippen LogP contribution in [0.5, 0.6) is 5.75 Å². The summed E-state index contributed by atoms with van der Waals surface area (Å²) in [6.45, 7) is 3.89. The average Bonchev–Trinajstić information content (AvgIpc) is 3.33. The monoisotopic (exact) mass is 345 g/mol. The van der Waals surface area contributed by atoms with Crippen molar-refractivity contribution in [3.05, 3.63) is 48.6 Å². The Morgan fingerprint density at radius 3 is 2.92 bits per heavy atom. The Bertz CT molecular complexity index is 695. The lowest BCUT2D eigenvalue weighted by atomic mass is 10.3. The third kappa shape index (κ3) is 4.86. The zero-order chi connectivity index (χ0) is 16.8. The molecule has 0 unspecified atom stereocenters. The molecule has 3 rings (SSSR count). The lowest BCUT2D eigenvalue weighted by molar-refractivity contribution is -0.113. The summed E-state index contributed by atoms with van der Waals surface area (Å²) in [6.07, 6.45) is 4.03. The summed E-state index contributed by atoms with van der Waals surface area (Å²) in [7, 11) is 0. The fraction of sp³-hybridized carbons (Fsp3) is 0.353. The van der Waals surface area contributed by atoms with Crippen molar-refractivity contribution in [2.75, 3.05) is 16.8 Å². The van der Waals surface area contributed by atoms with Crippen LogP contribution in [0.15, 0.2) is 41.4 Å². The van der Waals surface area contributed by atoms with E-state index in [9.17, 15) is 4.79 Å². The lowest BCUT2D eigenvalue weighted by Crippen LogP contribution is -2.14. The molecule has 1 aromatic carbocycles. The van der Waals surface area contributed by atoms with Gasteiger partial charge in [-0.15, -0.1) is 18.3 Å². The number of nitrogens with one attached hydrogen (secondary N) is 1. The Labute approximate surface area is 144 Å². The molecule has 1 amide bonds. The maximum atomic E-state index is 11.7. The molecule has 0 atom stereocenters. The Hall–Kier alpha value is -2.28. The molecular weight excluding hydrogens is 326 g/mol. The molecule has 1 fully saturated rings. The molecule has 0 aliphatic heterocycles. The summed E-state index contributed by atoms with van der Waals surface area (Å²) < 4.78 is 10.8. The fourth-order valence-corrected chi connectivity index (χ4v) is 2.58. The molecule has 0 radical (unpaired) electrons. The number of thioether (sulfide) groups is 1. The van der Waals surface area contributed by atoms with E-state index in [0.717, 1.165) is 24.3 Å². The van der Waals surface area contributed by atoms with Crippen LogP contribution in [-0.4, -0.2) is 27.6 Å². The zero-order valence-electron chi connectivity index (χ0n) is 13.2. The minimum absolute atomic E-state index is 0.0325.